The summed E-state index contributed by atoms with van der Waals surface area (Å²) in [7, 11) is 2.96. The number of ether oxygens (including phenoxy) is 3. The quantitative estimate of drug-likeness (QED) is 0.518. The molecule has 178 valence electrons. The number of esters is 1. The zero-order valence-corrected chi connectivity index (χ0v) is 19.3. The number of rotatable bonds is 7. The molecule has 1 saturated heterocycles. The van der Waals surface area contributed by atoms with Gasteiger partial charge in [0.2, 0.25) is 0 Å². The van der Waals surface area contributed by atoms with Crippen molar-refractivity contribution in [3.8, 4) is 0 Å². The van der Waals surface area contributed by atoms with Crippen molar-refractivity contribution >= 4 is 22.8 Å². The number of carbonyl (C=O) groups excluding carboxylic acids is 1. The van der Waals surface area contributed by atoms with Gasteiger partial charge in [0.05, 0.1) is 38.5 Å². The molecule has 7 heteroatoms. The number of nitrogens with zero attached hydrogens (tertiary/aromatic N) is 1. The average Bonchev–Trinajstić information content (AvgIpc) is 2.87. The summed E-state index contributed by atoms with van der Waals surface area (Å²) >= 11 is 0. The molecule has 1 aliphatic rings. The van der Waals surface area contributed by atoms with Crippen molar-refractivity contribution in [3.05, 3.63) is 83.4 Å². The van der Waals surface area contributed by atoms with Crippen molar-refractivity contribution in [1.29, 1.82) is 0 Å². The molecule has 34 heavy (non-hydrogen) atoms. The number of hydrogen-bond acceptors (Lipinski definition) is 5. The summed E-state index contributed by atoms with van der Waals surface area (Å²) in [6.07, 6.45) is -1.35. The maximum atomic E-state index is 11.9. The van der Waals surface area contributed by atoms with Crippen LogP contribution in [0.2, 0.25) is 0 Å². The van der Waals surface area contributed by atoms with Crippen molar-refractivity contribution in [1.82, 2.24) is 4.90 Å². The second-order valence-electron chi connectivity index (χ2n) is 8.57. The van der Waals surface area contributed by atoms with Crippen LogP contribution in [-0.2, 0) is 20.8 Å². The SMILES string of the molecule is COCC1CN(C(=O)O)CC(OCc2ccc3ccccc3c2)C1c1ccc(C(=O)OC)cc1. The first kappa shape index (κ1) is 23.7. The molecule has 7 nitrogen and oxygen atoms in total. The fourth-order valence-corrected chi connectivity index (χ4v) is 4.77. The number of carbonyl (C=O) groups is 2. The van der Waals surface area contributed by atoms with Gasteiger partial charge in [-0.2, -0.15) is 0 Å². The Morgan fingerprint density at radius 1 is 0.971 bits per heavy atom. The van der Waals surface area contributed by atoms with E-state index in [-0.39, 0.29) is 24.5 Å². The van der Waals surface area contributed by atoms with Crippen molar-refractivity contribution < 1.29 is 28.9 Å². The number of benzene rings is 3. The van der Waals surface area contributed by atoms with E-state index in [0.29, 0.717) is 25.3 Å². The molecule has 3 unspecified atom stereocenters. The highest BCUT2D eigenvalue weighted by Gasteiger charge is 2.40. The van der Waals surface area contributed by atoms with E-state index in [1.54, 1.807) is 19.2 Å². The lowest BCUT2D eigenvalue weighted by molar-refractivity contribution is -0.0518. The molecule has 0 aliphatic carbocycles. The predicted molar refractivity (Wildman–Crippen MR) is 128 cm³/mol. The number of amides is 1. The zero-order chi connectivity index (χ0) is 24.1. The molecule has 1 amide bonds. The maximum Gasteiger partial charge on any atom is 0.407 e. The van der Waals surface area contributed by atoms with Gasteiger partial charge in [-0.25, -0.2) is 9.59 Å². The largest absolute Gasteiger partial charge is 0.465 e. The fourth-order valence-electron chi connectivity index (χ4n) is 4.77. The molecular formula is C27H29NO6. The average molecular weight is 464 g/mol. The van der Waals surface area contributed by atoms with Gasteiger partial charge >= 0.3 is 12.1 Å². The van der Waals surface area contributed by atoms with E-state index < -0.39 is 12.1 Å². The summed E-state index contributed by atoms with van der Waals surface area (Å²) in [5.74, 6) is -0.590. The minimum atomic E-state index is -0.972. The van der Waals surface area contributed by atoms with Gasteiger partial charge in [0, 0.05) is 25.5 Å². The highest BCUT2D eigenvalue weighted by molar-refractivity contribution is 5.89. The normalized spacial score (nSPS) is 20.3. The van der Waals surface area contributed by atoms with Crippen molar-refractivity contribution in [2.24, 2.45) is 5.92 Å². The number of hydrogen-bond donors (Lipinski definition) is 1. The second-order valence-corrected chi connectivity index (χ2v) is 8.57. The van der Waals surface area contributed by atoms with Crippen LogP contribution in [0.3, 0.4) is 0 Å². The molecule has 3 atom stereocenters. The minimum absolute atomic E-state index is 0.0947. The van der Waals surface area contributed by atoms with Crippen LogP contribution in [0.4, 0.5) is 4.79 Å². The lowest BCUT2D eigenvalue weighted by atomic mass is 9.78. The fraction of sp³-hybridized carbons (Fsp3) is 0.333. The maximum absolute atomic E-state index is 11.9. The summed E-state index contributed by atoms with van der Waals surface area (Å²) in [4.78, 5) is 25.1. The first-order chi connectivity index (χ1) is 16.5. The molecule has 1 aliphatic heterocycles. The zero-order valence-electron chi connectivity index (χ0n) is 19.3. The van der Waals surface area contributed by atoms with Crippen molar-refractivity contribution in [2.45, 2.75) is 18.6 Å². The standard InChI is InChI=1S/C27H29NO6/c1-32-17-23-14-28(27(30)31)15-24(25(23)20-9-11-21(12-10-20)26(29)33-2)34-16-18-7-8-19-5-3-4-6-22(19)13-18/h3-13,23-25H,14-17H2,1-2H3,(H,30,31). The van der Waals surface area contributed by atoms with Gasteiger partial charge in [0.1, 0.15) is 0 Å². The highest BCUT2D eigenvalue weighted by Crippen LogP contribution is 2.36. The van der Waals surface area contributed by atoms with E-state index in [4.69, 9.17) is 14.2 Å². The Morgan fingerprint density at radius 2 is 1.71 bits per heavy atom. The molecule has 0 spiro atoms. The summed E-state index contributed by atoms with van der Waals surface area (Å²) in [6, 6.07) is 21.6. The Balaban J connectivity index is 1.61. The summed E-state index contributed by atoms with van der Waals surface area (Å²) in [5, 5.41) is 12.0. The molecule has 0 saturated carbocycles. The number of methoxy groups -OCH3 is 2. The Morgan fingerprint density at radius 3 is 2.38 bits per heavy atom. The minimum Gasteiger partial charge on any atom is -0.465 e. The summed E-state index contributed by atoms with van der Waals surface area (Å²) in [6.45, 7) is 1.36. The Labute approximate surface area is 198 Å². The Kier molecular flexibility index (Phi) is 7.45. The number of fused-ring (bicyclic) bond motifs is 1. The van der Waals surface area contributed by atoms with Gasteiger partial charge in [-0.3, -0.25) is 0 Å². The lowest BCUT2D eigenvalue weighted by Gasteiger charge is -2.42. The molecule has 0 aromatic heterocycles. The Bertz CT molecular complexity index is 1150. The van der Waals surface area contributed by atoms with E-state index in [0.717, 1.165) is 21.9 Å². The molecule has 0 radical (unpaired) electrons. The first-order valence-corrected chi connectivity index (χ1v) is 11.2. The van der Waals surface area contributed by atoms with Gasteiger partial charge in [0.25, 0.3) is 0 Å². The van der Waals surface area contributed by atoms with Crippen LogP contribution in [0.1, 0.15) is 27.4 Å². The molecule has 1 heterocycles. The second kappa shape index (κ2) is 10.7. The van der Waals surface area contributed by atoms with Crippen LogP contribution >= 0.6 is 0 Å². The van der Waals surface area contributed by atoms with E-state index in [1.807, 2.05) is 30.3 Å². The number of carboxylic acid groups (broad SMARTS) is 1. The number of likely N-dealkylation sites (tertiary alicyclic amines) is 1. The van der Waals surface area contributed by atoms with Crippen LogP contribution in [0.5, 0.6) is 0 Å². The summed E-state index contributed by atoms with van der Waals surface area (Å²) in [5.41, 5.74) is 2.46. The van der Waals surface area contributed by atoms with Gasteiger partial charge in [-0.1, -0.05) is 48.5 Å². The van der Waals surface area contributed by atoms with E-state index in [2.05, 4.69) is 24.3 Å². The molecule has 1 N–H and O–H groups in total. The smallest absolute Gasteiger partial charge is 0.407 e. The third kappa shape index (κ3) is 5.21. The van der Waals surface area contributed by atoms with Gasteiger partial charge in [0.15, 0.2) is 0 Å². The third-order valence-electron chi connectivity index (χ3n) is 6.41. The molecule has 3 aromatic carbocycles. The molecular weight excluding hydrogens is 434 g/mol. The van der Waals surface area contributed by atoms with Crippen LogP contribution in [0.15, 0.2) is 66.7 Å². The monoisotopic (exact) mass is 463 g/mol. The van der Waals surface area contributed by atoms with Crippen LogP contribution in [0, 0.1) is 5.92 Å². The Hall–Kier alpha value is -3.42. The van der Waals surface area contributed by atoms with Crippen LogP contribution in [0.25, 0.3) is 10.8 Å². The third-order valence-corrected chi connectivity index (χ3v) is 6.41. The summed E-state index contributed by atoms with van der Waals surface area (Å²) < 4.78 is 16.6. The highest BCUT2D eigenvalue weighted by atomic mass is 16.5. The molecule has 1 fully saturated rings. The van der Waals surface area contributed by atoms with E-state index in [1.165, 1.54) is 12.0 Å². The lowest BCUT2D eigenvalue weighted by Crippen LogP contribution is -2.52. The molecule has 4 rings (SSSR count). The van der Waals surface area contributed by atoms with Gasteiger partial charge < -0.3 is 24.2 Å². The molecule has 0 bridgehead atoms. The van der Waals surface area contributed by atoms with Crippen molar-refractivity contribution in [2.75, 3.05) is 33.9 Å². The topological polar surface area (TPSA) is 85.3 Å². The van der Waals surface area contributed by atoms with Gasteiger partial charge in [-0.05, 0) is 40.1 Å². The van der Waals surface area contributed by atoms with E-state index in [9.17, 15) is 14.7 Å². The molecule has 3 aromatic rings. The predicted octanol–water partition coefficient (Wildman–Crippen LogP) is 4.55. The number of piperidine rings is 1. The first-order valence-electron chi connectivity index (χ1n) is 11.2. The van der Waals surface area contributed by atoms with Crippen LogP contribution in [-0.4, -0.2) is 62.1 Å². The van der Waals surface area contributed by atoms with E-state index >= 15 is 0 Å². The van der Waals surface area contributed by atoms with Gasteiger partial charge in [-0.15, -0.1) is 0 Å². The van der Waals surface area contributed by atoms with Crippen molar-refractivity contribution in [3.63, 3.8) is 0 Å². The van der Waals surface area contributed by atoms with Crippen LogP contribution < -0.4 is 0 Å².